The van der Waals surface area contributed by atoms with Crippen LogP contribution in [0.15, 0.2) is 28.7 Å². The largest absolute Gasteiger partial charge is 0.480 e. The fourth-order valence-corrected chi connectivity index (χ4v) is 3.02. The molecule has 0 radical (unpaired) electrons. The predicted octanol–water partition coefficient (Wildman–Crippen LogP) is 3.70. The molecule has 1 aliphatic rings. The van der Waals surface area contributed by atoms with Crippen LogP contribution in [-0.4, -0.2) is 35.6 Å². The molecule has 112 valence electrons. The van der Waals surface area contributed by atoms with Gasteiger partial charge >= 0.3 is 5.97 Å². The zero-order valence-corrected chi connectivity index (χ0v) is 14.2. The van der Waals surface area contributed by atoms with Gasteiger partial charge in [0.1, 0.15) is 6.04 Å². The molecule has 0 heterocycles. The number of carboxylic acid groups (broad SMARTS) is 1. The molecule has 0 aromatic heterocycles. The van der Waals surface area contributed by atoms with Gasteiger partial charge in [0.05, 0.1) is 0 Å². The third-order valence-corrected chi connectivity index (χ3v) is 4.59. The first kappa shape index (κ1) is 17.5. The summed E-state index contributed by atoms with van der Waals surface area (Å²) in [5.74, 6) is -0.725. The summed E-state index contributed by atoms with van der Waals surface area (Å²) in [4.78, 5) is 13.2. The van der Waals surface area contributed by atoms with E-state index >= 15 is 0 Å². The highest BCUT2D eigenvalue weighted by Gasteiger charge is 2.45. The third kappa shape index (κ3) is 3.74. The van der Waals surface area contributed by atoms with Crippen molar-refractivity contribution in [2.75, 3.05) is 13.6 Å². The molecule has 5 heteroatoms. The summed E-state index contributed by atoms with van der Waals surface area (Å²) in [6, 6.07) is 8.03. The number of rotatable bonds is 6. The predicted molar refractivity (Wildman–Crippen MR) is 86.6 cm³/mol. The Hall–Kier alpha value is -0.580. The molecule has 0 amide bonds. The number of halogens is 2. The molecule has 3 nitrogen and oxygen atoms in total. The molecule has 0 spiro atoms. The third-order valence-electron chi connectivity index (χ3n) is 4.07. The minimum atomic E-state index is -0.725. The first-order chi connectivity index (χ1) is 8.98. The van der Waals surface area contributed by atoms with Gasteiger partial charge in [0.2, 0.25) is 0 Å². The van der Waals surface area contributed by atoms with E-state index in [0.717, 1.165) is 23.9 Å². The van der Waals surface area contributed by atoms with Crippen molar-refractivity contribution >= 4 is 34.3 Å². The highest BCUT2D eigenvalue weighted by atomic mass is 79.9. The lowest BCUT2D eigenvalue weighted by Gasteiger charge is -2.28. The SMILES string of the molecule is CCC(C(=O)O)N(C)CC1(c2ccc(Br)cc2)CC1.Cl. The number of hydrogen-bond donors (Lipinski definition) is 1. The van der Waals surface area contributed by atoms with Crippen molar-refractivity contribution in [2.24, 2.45) is 0 Å². The van der Waals surface area contributed by atoms with Crippen LogP contribution in [0.3, 0.4) is 0 Å². The maximum absolute atomic E-state index is 11.2. The van der Waals surface area contributed by atoms with Gasteiger partial charge in [0.15, 0.2) is 0 Å². The van der Waals surface area contributed by atoms with Crippen LogP contribution in [0, 0.1) is 0 Å². The van der Waals surface area contributed by atoms with Crippen LogP contribution in [0.1, 0.15) is 31.7 Å². The van der Waals surface area contributed by atoms with Gasteiger partial charge < -0.3 is 5.11 Å². The zero-order chi connectivity index (χ0) is 14.0. The molecular weight excluding hydrogens is 342 g/mol. The molecule has 0 aliphatic heterocycles. The lowest BCUT2D eigenvalue weighted by atomic mass is 9.95. The van der Waals surface area contributed by atoms with Crippen molar-refractivity contribution < 1.29 is 9.90 Å². The number of hydrogen-bond acceptors (Lipinski definition) is 2. The Bertz CT molecular complexity index is 459. The summed E-state index contributed by atoms with van der Waals surface area (Å²) in [5, 5.41) is 9.22. The number of aliphatic carboxylic acids is 1. The van der Waals surface area contributed by atoms with Crippen LogP contribution >= 0.6 is 28.3 Å². The fourth-order valence-electron chi connectivity index (χ4n) is 2.75. The maximum atomic E-state index is 11.2. The number of nitrogens with zero attached hydrogens (tertiary/aromatic N) is 1. The van der Waals surface area contributed by atoms with Crippen LogP contribution in [0.5, 0.6) is 0 Å². The molecule has 1 unspecified atom stereocenters. The van der Waals surface area contributed by atoms with Crippen molar-refractivity contribution in [3.05, 3.63) is 34.3 Å². The van der Waals surface area contributed by atoms with Gasteiger partial charge in [0.25, 0.3) is 0 Å². The Morgan fingerprint density at radius 1 is 1.40 bits per heavy atom. The summed E-state index contributed by atoms with van der Waals surface area (Å²) in [6.45, 7) is 2.74. The van der Waals surface area contributed by atoms with Gasteiger partial charge in [-0.3, -0.25) is 9.69 Å². The average Bonchev–Trinajstić information content (AvgIpc) is 3.11. The van der Waals surface area contributed by atoms with E-state index < -0.39 is 5.97 Å². The lowest BCUT2D eigenvalue weighted by Crippen LogP contribution is -2.42. The monoisotopic (exact) mass is 361 g/mol. The Labute approximate surface area is 134 Å². The maximum Gasteiger partial charge on any atom is 0.320 e. The van der Waals surface area contributed by atoms with Crippen LogP contribution in [0.4, 0.5) is 0 Å². The van der Waals surface area contributed by atoms with E-state index in [0.29, 0.717) is 6.42 Å². The fraction of sp³-hybridized carbons (Fsp3) is 0.533. The summed E-state index contributed by atoms with van der Waals surface area (Å²) in [5.41, 5.74) is 1.49. The van der Waals surface area contributed by atoms with Gasteiger partial charge in [-0.15, -0.1) is 12.4 Å². The number of carboxylic acids is 1. The second-order valence-electron chi connectivity index (χ2n) is 5.46. The Morgan fingerprint density at radius 2 is 1.95 bits per heavy atom. The van der Waals surface area contributed by atoms with Gasteiger partial charge in [-0.05, 0) is 44.0 Å². The molecule has 20 heavy (non-hydrogen) atoms. The minimum absolute atomic E-state index is 0. The highest BCUT2D eigenvalue weighted by molar-refractivity contribution is 9.10. The van der Waals surface area contributed by atoms with Crippen LogP contribution in [-0.2, 0) is 10.2 Å². The second kappa shape index (κ2) is 6.92. The van der Waals surface area contributed by atoms with E-state index in [-0.39, 0.29) is 23.9 Å². The van der Waals surface area contributed by atoms with Gasteiger partial charge in [-0.2, -0.15) is 0 Å². The Kier molecular flexibility index (Phi) is 6.05. The molecular formula is C15H21BrClNO2. The molecule has 1 fully saturated rings. The second-order valence-corrected chi connectivity index (χ2v) is 6.38. The zero-order valence-electron chi connectivity index (χ0n) is 11.8. The minimum Gasteiger partial charge on any atom is -0.480 e. The van der Waals surface area contributed by atoms with E-state index in [1.54, 1.807) is 0 Å². The molecule has 1 N–H and O–H groups in total. The summed E-state index contributed by atoms with van der Waals surface area (Å²) >= 11 is 3.45. The summed E-state index contributed by atoms with van der Waals surface area (Å²) in [7, 11) is 1.92. The molecule has 0 bridgehead atoms. The molecule has 1 aromatic carbocycles. The first-order valence-corrected chi connectivity index (χ1v) is 7.47. The molecule has 2 rings (SSSR count). The van der Waals surface area contributed by atoms with Crippen molar-refractivity contribution in [3.8, 4) is 0 Å². The number of likely N-dealkylation sites (N-methyl/N-ethyl adjacent to an activating group) is 1. The molecule has 0 saturated heterocycles. The van der Waals surface area contributed by atoms with Crippen LogP contribution in [0.25, 0.3) is 0 Å². The quantitative estimate of drug-likeness (QED) is 0.839. The van der Waals surface area contributed by atoms with Gasteiger partial charge in [0, 0.05) is 16.4 Å². The topological polar surface area (TPSA) is 40.5 Å². The summed E-state index contributed by atoms with van der Waals surface area (Å²) in [6.07, 6.45) is 2.94. The average molecular weight is 363 g/mol. The van der Waals surface area contributed by atoms with E-state index in [9.17, 15) is 9.90 Å². The van der Waals surface area contributed by atoms with Crippen molar-refractivity contribution in [1.29, 1.82) is 0 Å². The number of carbonyl (C=O) groups is 1. The molecule has 1 atom stereocenters. The Morgan fingerprint density at radius 3 is 2.35 bits per heavy atom. The van der Waals surface area contributed by atoms with Crippen molar-refractivity contribution in [2.45, 2.75) is 37.6 Å². The van der Waals surface area contributed by atoms with E-state index in [2.05, 4.69) is 40.2 Å². The molecule has 1 aliphatic carbocycles. The van der Waals surface area contributed by atoms with E-state index in [1.165, 1.54) is 5.56 Å². The lowest BCUT2D eigenvalue weighted by molar-refractivity contribution is -0.143. The van der Waals surface area contributed by atoms with Crippen molar-refractivity contribution in [3.63, 3.8) is 0 Å². The van der Waals surface area contributed by atoms with Gasteiger partial charge in [-0.25, -0.2) is 0 Å². The standard InChI is InChI=1S/C15H20BrNO2.ClH/c1-3-13(14(18)19)17(2)10-15(8-9-15)11-4-6-12(16)7-5-11;/h4-7,13H,3,8-10H2,1-2H3,(H,18,19);1H. The normalized spacial score (nSPS) is 17.4. The smallest absolute Gasteiger partial charge is 0.320 e. The summed E-state index contributed by atoms with van der Waals surface area (Å²) < 4.78 is 1.08. The van der Waals surface area contributed by atoms with Crippen LogP contribution in [0.2, 0.25) is 0 Å². The first-order valence-electron chi connectivity index (χ1n) is 6.67. The van der Waals surface area contributed by atoms with Gasteiger partial charge in [-0.1, -0.05) is 35.0 Å². The highest BCUT2D eigenvalue weighted by Crippen LogP contribution is 2.49. The Balaban J connectivity index is 0.00000200. The molecule has 1 aromatic rings. The van der Waals surface area contributed by atoms with E-state index in [4.69, 9.17) is 0 Å². The van der Waals surface area contributed by atoms with E-state index in [1.807, 2.05) is 18.9 Å². The number of benzene rings is 1. The molecule has 1 saturated carbocycles. The van der Waals surface area contributed by atoms with Crippen molar-refractivity contribution in [1.82, 2.24) is 4.90 Å². The van der Waals surface area contributed by atoms with Crippen LogP contribution < -0.4 is 0 Å².